The van der Waals surface area contributed by atoms with Crippen molar-refractivity contribution < 1.29 is 0 Å². The van der Waals surface area contributed by atoms with E-state index in [1.807, 2.05) is 0 Å². The van der Waals surface area contributed by atoms with E-state index < -0.39 is 0 Å². The van der Waals surface area contributed by atoms with Gasteiger partial charge in [0.1, 0.15) is 0 Å². The molecule has 2 nitrogen and oxygen atoms in total. The van der Waals surface area contributed by atoms with Crippen molar-refractivity contribution in [1.29, 1.82) is 0 Å². The summed E-state index contributed by atoms with van der Waals surface area (Å²) in [7, 11) is 0. The van der Waals surface area contributed by atoms with Crippen LogP contribution in [0.2, 0.25) is 0 Å². The lowest BCUT2D eigenvalue weighted by atomic mass is 9.82. The minimum atomic E-state index is -0.0802. The fraction of sp³-hybridized carbons (Fsp3) is 0.0877. The number of para-hydroxylation sites is 2. The van der Waals surface area contributed by atoms with Gasteiger partial charge in [-0.2, -0.15) is 0 Å². The van der Waals surface area contributed by atoms with Gasteiger partial charge in [-0.1, -0.05) is 166 Å². The van der Waals surface area contributed by atoms with Gasteiger partial charge in [0.2, 0.25) is 0 Å². The molecular formula is C57H46N2. The van der Waals surface area contributed by atoms with Crippen LogP contribution < -0.4 is 9.80 Å². The number of rotatable bonds is 9. The van der Waals surface area contributed by atoms with Gasteiger partial charge in [-0.25, -0.2) is 0 Å². The number of nitrogens with zero attached hydrogens (tertiary/aromatic N) is 2. The summed E-state index contributed by atoms with van der Waals surface area (Å²) in [5, 5.41) is 2.47. The van der Waals surface area contributed by atoms with Crippen molar-refractivity contribution in [3.8, 4) is 22.3 Å². The zero-order valence-electron chi connectivity index (χ0n) is 33.6. The predicted molar refractivity (Wildman–Crippen MR) is 251 cm³/mol. The van der Waals surface area contributed by atoms with Crippen molar-refractivity contribution in [2.75, 3.05) is 9.80 Å². The van der Waals surface area contributed by atoms with Crippen LogP contribution in [0.4, 0.5) is 28.4 Å². The van der Waals surface area contributed by atoms with Crippen LogP contribution in [-0.4, -0.2) is 0 Å². The van der Waals surface area contributed by atoms with Crippen LogP contribution in [0.3, 0.4) is 0 Å². The molecule has 0 radical (unpaired) electrons. The molecule has 0 unspecified atom stereocenters. The van der Waals surface area contributed by atoms with E-state index in [-0.39, 0.29) is 5.41 Å². The molecule has 0 amide bonds. The Labute approximate surface area is 348 Å². The first kappa shape index (κ1) is 36.2. The highest BCUT2D eigenvalue weighted by molar-refractivity contribution is 5.91. The van der Waals surface area contributed by atoms with Crippen molar-refractivity contribution in [2.24, 2.45) is 0 Å². The third-order valence-electron chi connectivity index (χ3n) is 12.2. The quantitative estimate of drug-likeness (QED) is 0.145. The topological polar surface area (TPSA) is 6.48 Å². The highest BCUT2D eigenvalue weighted by atomic mass is 15.2. The molecule has 0 fully saturated rings. The van der Waals surface area contributed by atoms with Crippen molar-refractivity contribution in [3.05, 3.63) is 240 Å². The number of fused-ring (bicyclic) bond motifs is 4. The maximum absolute atomic E-state index is 2.41. The minimum Gasteiger partial charge on any atom is -0.314 e. The van der Waals surface area contributed by atoms with Gasteiger partial charge < -0.3 is 9.80 Å². The van der Waals surface area contributed by atoms with Gasteiger partial charge in [-0.15, -0.1) is 0 Å². The number of hydrogen-bond donors (Lipinski definition) is 0. The van der Waals surface area contributed by atoms with Gasteiger partial charge in [0, 0.05) is 39.5 Å². The third kappa shape index (κ3) is 6.98. The maximum Gasteiger partial charge on any atom is 0.0468 e. The number of allylic oxidation sites excluding steroid dienone is 5. The van der Waals surface area contributed by atoms with Gasteiger partial charge >= 0.3 is 0 Å². The second-order valence-corrected chi connectivity index (χ2v) is 16.2. The summed E-state index contributed by atoms with van der Waals surface area (Å²) in [4.78, 5) is 4.78. The first-order chi connectivity index (χ1) is 29.0. The molecule has 0 saturated carbocycles. The van der Waals surface area contributed by atoms with E-state index in [4.69, 9.17) is 0 Å². The largest absolute Gasteiger partial charge is 0.314 e. The normalized spacial score (nSPS) is 14.1. The van der Waals surface area contributed by atoms with Gasteiger partial charge in [0.25, 0.3) is 0 Å². The molecule has 0 bridgehead atoms. The first-order valence-corrected chi connectivity index (χ1v) is 20.7. The molecule has 59 heavy (non-hydrogen) atoms. The van der Waals surface area contributed by atoms with Gasteiger partial charge in [-0.05, 0) is 135 Å². The molecule has 2 aliphatic carbocycles. The van der Waals surface area contributed by atoms with Crippen LogP contribution in [0, 0.1) is 0 Å². The van der Waals surface area contributed by atoms with Crippen LogP contribution >= 0.6 is 0 Å². The molecule has 0 aromatic heterocycles. The monoisotopic (exact) mass is 758 g/mol. The molecule has 0 atom stereocenters. The Morgan fingerprint density at radius 2 is 0.966 bits per heavy atom. The SMILES string of the molecule is CC1(C)c2ccccc2-c2ccc(N(c3ccc(-c4ccc(/C=C/C5=CC=C(N(c6ccccc6)c6ccccc6)CC5)cc4)cc3)c3ccc4ccccc4c3)cc21. The first-order valence-electron chi connectivity index (χ1n) is 20.7. The van der Waals surface area contributed by atoms with E-state index in [0.717, 1.165) is 29.9 Å². The fourth-order valence-electron chi connectivity index (χ4n) is 8.99. The average Bonchev–Trinajstić information content (AvgIpc) is 3.52. The summed E-state index contributed by atoms with van der Waals surface area (Å²) in [6, 6.07) is 70.5. The van der Waals surface area contributed by atoms with E-state index in [1.54, 1.807) is 0 Å². The van der Waals surface area contributed by atoms with Crippen LogP contribution in [0.15, 0.2) is 224 Å². The summed E-state index contributed by atoms with van der Waals surface area (Å²) < 4.78 is 0. The highest BCUT2D eigenvalue weighted by Crippen LogP contribution is 2.50. The van der Waals surface area contributed by atoms with E-state index in [0.29, 0.717) is 0 Å². The molecule has 10 rings (SSSR count). The van der Waals surface area contributed by atoms with Gasteiger partial charge in [0.15, 0.2) is 0 Å². The zero-order chi connectivity index (χ0) is 39.8. The molecule has 8 aromatic carbocycles. The van der Waals surface area contributed by atoms with Crippen LogP contribution in [0.25, 0.3) is 39.1 Å². The number of hydrogen-bond acceptors (Lipinski definition) is 2. The fourth-order valence-corrected chi connectivity index (χ4v) is 8.99. The lowest BCUT2D eigenvalue weighted by molar-refractivity contribution is 0.660. The molecule has 284 valence electrons. The van der Waals surface area contributed by atoms with Crippen LogP contribution in [0.5, 0.6) is 0 Å². The smallest absolute Gasteiger partial charge is 0.0468 e. The minimum absolute atomic E-state index is 0.0802. The van der Waals surface area contributed by atoms with Crippen LogP contribution in [0.1, 0.15) is 43.4 Å². The molecular weight excluding hydrogens is 713 g/mol. The Hall–Kier alpha value is -7.16. The average molecular weight is 759 g/mol. The lowest BCUT2D eigenvalue weighted by Gasteiger charge is -2.29. The summed E-state index contributed by atoms with van der Waals surface area (Å²) in [6.45, 7) is 4.70. The van der Waals surface area contributed by atoms with Gasteiger partial charge in [-0.3, -0.25) is 0 Å². The second kappa shape index (κ2) is 15.3. The molecule has 2 heteroatoms. The van der Waals surface area contributed by atoms with Crippen molar-refractivity contribution >= 4 is 45.3 Å². The molecule has 8 aromatic rings. The van der Waals surface area contributed by atoms with Crippen molar-refractivity contribution in [2.45, 2.75) is 32.1 Å². The van der Waals surface area contributed by atoms with E-state index in [1.165, 1.54) is 72.4 Å². The molecule has 0 saturated heterocycles. The highest BCUT2D eigenvalue weighted by Gasteiger charge is 2.35. The molecule has 0 aliphatic heterocycles. The van der Waals surface area contributed by atoms with Crippen molar-refractivity contribution in [1.82, 2.24) is 0 Å². The summed E-state index contributed by atoms with van der Waals surface area (Å²) in [5.74, 6) is 0. The summed E-state index contributed by atoms with van der Waals surface area (Å²) in [5.41, 5.74) is 17.4. The van der Waals surface area contributed by atoms with E-state index >= 15 is 0 Å². The Balaban J connectivity index is 0.903. The van der Waals surface area contributed by atoms with E-state index in [9.17, 15) is 0 Å². The Morgan fingerprint density at radius 1 is 0.407 bits per heavy atom. The number of anilines is 5. The Morgan fingerprint density at radius 3 is 1.66 bits per heavy atom. The molecule has 0 heterocycles. The summed E-state index contributed by atoms with van der Waals surface area (Å²) in [6.07, 6.45) is 11.0. The van der Waals surface area contributed by atoms with Gasteiger partial charge in [0.05, 0.1) is 0 Å². The summed E-state index contributed by atoms with van der Waals surface area (Å²) >= 11 is 0. The maximum atomic E-state index is 2.41. The second-order valence-electron chi connectivity index (χ2n) is 16.2. The van der Waals surface area contributed by atoms with Crippen LogP contribution in [-0.2, 0) is 5.41 Å². The molecule has 0 N–H and O–H groups in total. The van der Waals surface area contributed by atoms with Crippen molar-refractivity contribution in [3.63, 3.8) is 0 Å². The predicted octanol–water partition coefficient (Wildman–Crippen LogP) is 15.7. The lowest BCUT2D eigenvalue weighted by Crippen LogP contribution is -2.17. The zero-order valence-corrected chi connectivity index (χ0v) is 33.6. The molecule has 0 spiro atoms. The Bertz CT molecular complexity index is 2840. The Kier molecular flexibility index (Phi) is 9.39. The third-order valence-corrected chi connectivity index (χ3v) is 12.2. The standard InChI is InChI=1S/C57H46N2/c1-57(2)55-20-12-11-19-53(55)54-38-37-52(40-56(54)57)59(51-36-31-43-13-9-10-14-46(43)39-51)50-34-29-45(30-35-50)44-27-23-41(24-28-44)21-22-42-25-32-49(33-26-42)58(47-15-5-3-6-16-47)48-17-7-4-8-18-48/h3-25,27-32,34-40H,26,33H2,1-2H3/b22-21+. The van der Waals surface area contributed by atoms with E-state index in [2.05, 4.69) is 242 Å². The number of benzene rings is 8. The molecule has 2 aliphatic rings.